The van der Waals surface area contributed by atoms with Gasteiger partial charge in [-0.2, -0.15) is 0 Å². The molecule has 0 saturated heterocycles. The van der Waals surface area contributed by atoms with Gasteiger partial charge in [-0.05, 0) is 35.8 Å². The monoisotopic (exact) mass is 242 g/mol. The molecule has 2 aromatic carbocycles. The van der Waals surface area contributed by atoms with Crippen molar-refractivity contribution >= 4 is 5.57 Å². The van der Waals surface area contributed by atoms with Gasteiger partial charge in [0.15, 0.2) is 0 Å². The number of rotatable bonds is 4. The number of hydrogen-bond donors (Lipinski definition) is 0. The van der Waals surface area contributed by atoms with Crippen LogP contribution in [0, 0.1) is 5.82 Å². The zero-order valence-electron chi connectivity index (χ0n) is 10.3. The van der Waals surface area contributed by atoms with Gasteiger partial charge < -0.3 is 4.74 Å². The van der Waals surface area contributed by atoms with Crippen molar-refractivity contribution in [3.05, 3.63) is 77.8 Å². The van der Waals surface area contributed by atoms with E-state index in [9.17, 15) is 4.39 Å². The molecule has 0 bridgehead atoms. The fraction of sp³-hybridized carbons (Fsp3) is 0.125. The molecule has 2 aromatic rings. The summed E-state index contributed by atoms with van der Waals surface area (Å²) in [6.07, 6.45) is 1.71. The highest BCUT2D eigenvalue weighted by Gasteiger charge is 1.97. The Hall–Kier alpha value is -2.09. The van der Waals surface area contributed by atoms with Crippen LogP contribution in [0.15, 0.2) is 60.9 Å². The van der Waals surface area contributed by atoms with Gasteiger partial charge in [-0.3, -0.25) is 0 Å². The third-order valence-corrected chi connectivity index (χ3v) is 2.65. The first-order chi connectivity index (χ1) is 8.75. The van der Waals surface area contributed by atoms with Crippen LogP contribution in [0.5, 0.6) is 0 Å². The Morgan fingerprint density at radius 1 is 1.06 bits per heavy atom. The lowest BCUT2D eigenvalue weighted by Gasteiger charge is -2.04. The van der Waals surface area contributed by atoms with E-state index < -0.39 is 0 Å². The van der Waals surface area contributed by atoms with Crippen molar-refractivity contribution in [3.8, 4) is 0 Å². The van der Waals surface area contributed by atoms with Crippen molar-refractivity contribution in [2.45, 2.75) is 13.5 Å². The summed E-state index contributed by atoms with van der Waals surface area (Å²) >= 11 is 0. The number of hydrogen-bond acceptors (Lipinski definition) is 1. The second-order valence-corrected chi connectivity index (χ2v) is 4.10. The van der Waals surface area contributed by atoms with Gasteiger partial charge in [0, 0.05) is 0 Å². The molecule has 0 N–H and O–H groups in total. The molecule has 0 radical (unpaired) electrons. The van der Waals surface area contributed by atoms with Gasteiger partial charge in [0.05, 0.1) is 6.26 Å². The highest BCUT2D eigenvalue weighted by atomic mass is 19.1. The molecule has 0 heterocycles. The SMILES string of the molecule is CC(=COCc1ccccc1)c1ccc(F)cc1. The van der Waals surface area contributed by atoms with E-state index in [2.05, 4.69) is 0 Å². The fourth-order valence-electron chi connectivity index (χ4n) is 1.62. The molecule has 2 heteroatoms. The molecule has 0 aliphatic carbocycles. The van der Waals surface area contributed by atoms with E-state index in [0.29, 0.717) is 6.61 Å². The maximum absolute atomic E-state index is 12.8. The summed E-state index contributed by atoms with van der Waals surface area (Å²) < 4.78 is 18.3. The van der Waals surface area contributed by atoms with Crippen LogP contribution in [0.4, 0.5) is 4.39 Å². The standard InChI is InChI=1S/C16H15FO/c1-13(15-7-9-16(17)10-8-15)11-18-12-14-5-3-2-4-6-14/h2-11H,12H2,1H3. The van der Waals surface area contributed by atoms with Crippen LogP contribution >= 0.6 is 0 Å². The lowest BCUT2D eigenvalue weighted by atomic mass is 10.1. The number of allylic oxidation sites excluding steroid dienone is 1. The van der Waals surface area contributed by atoms with Crippen molar-refractivity contribution in [2.75, 3.05) is 0 Å². The van der Waals surface area contributed by atoms with Gasteiger partial charge in [-0.15, -0.1) is 0 Å². The number of ether oxygens (including phenoxy) is 1. The molecule has 0 aliphatic heterocycles. The van der Waals surface area contributed by atoms with Crippen LogP contribution in [0.25, 0.3) is 5.57 Å². The van der Waals surface area contributed by atoms with Gasteiger partial charge in [-0.1, -0.05) is 42.5 Å². The minimum absolute atomic E-state index is 0.225. The molecular weight excluding hydrogens is 227 g/mol. The van der Waals surface area contributed by atoms with Gasteiger partial charge in [-0.25, -0.2) is 4.39 Å². The molecule has 1 nitrogen and oxygen atoms in total. The summed E-state index contributed by atoms with van der Waals surface area (Å²) in [5.74, 6) is -0.225. The highest BCUT2D eigenvalue weighted by Crippen LogP contribution is 2.14. The molecule has 0 saturated carbocycles. The first-order valence-electron chi connectivity index (χ1n) is 5.84. The Labute approximate surface area is 107 Å². The van der Waals surface area contributed by atoms with E-state index >= 15 is 0 Å². The van der Waals surface area contributed by atoms with E-state index in [1.165, 1.54) is 12.1 Å². The summed E-state index contributed by atoms with van der Waals surface area (Å²) in [7, 11) is 0. The minimum atomic E-state index is -0.225. The topological polar surface area (TPSA) is 9.23 Å². The first kappa shape index (κ1) is 12.4. The largest absolute Gasteiger partial charge is 0.496 e. The van der Waals surface area contributed by atoms with Crippen molar-refractivity contribution in [2.24, 2.45) is 0 Å². The van der Waals surface area contributed by atoms with Gasteiger partial charge in [0.2, 0.25) is 0 Å². The Kier molecular flexibility index (Phi) is 4.13. The van der Waals surface area contributed by atoms with E-state index in [1.54, 1.807) is 18.4 Å². The van der Waals surface area contributed by atoms with Crippen molar-refractivity contribution in [1.29, 1.82) is 0 Å². The molecule has 0 fully saturated rings. The van der Waals surface area contributed by atoms with Crippen molar-refractivity contribution in [3.63, 3.8) is 0 Å². The third kappa shape index (κ3) is 3.45. The number of benzene rings is 2. The predicted molar refractivity (Wildman–Crippen MR) is 71.3 cm³/mol. The van der Waals surface area contributed by atoms with E-state index in [-0.39, 0.29) is 5.82 Å². The lowest BCUT2D eigenvalue weighted by molar-refractivity contribution is 0.237. The molecule has 0 unspecified atom stereocenters. The zero-order chi connectivity index (χ0) is 12.8. The molecule has 0 aromatic heterocycles. The summed E-state index contributed by atoms with van der Waals surface area (Å²) in [5.41, 5.74) is 3.07. The van der Waals surface area contributed by atoms with Crippen LogP contribution in [0.3, 0.4) is 0 Å². The average Bonchev–Trinajstić information content (AvgIpc) is 2.40. The second kappa shape index (κ2) is 6.01. The van der Waals surface area contributed by atoms with Crippen LogP contribution in [0.2, 0.25) is 0 Å². The second-order valence-electron chi connectivity index (χ2n) is 4.10. The van der Waals surface area contributed by atoms with Gasteiger partial charge >= 0.3 is 0 Å². The maximum atomic E-state index is 12.8. The predicted octanol–water partition coefficient (Wildman–Crippen LogP) is 4.40. The van der Waals surface area contributed by atoms with E-state index in [0.717, 1.165) is 16.7 Å². The fourth-order valence-corrected chi connectivity index (χ4v) is 1.62. The Morgan fingerprint density at radius 3 is 2.39 bits per heavy atom. The summed E-state index contributed by atoms with van der Waals surface area (Å²) in [6.45, 7) is 2.48. The van der Waals surface area contributed by atoms with E-state index in [1.807, 2.05) is 37.3 Å². The Morgan fingerprint density at radius 2 is 1.72 bits per heavy atom. The molecule has 18 heavy (non-hydrogen) atoms. The minimum Gasteiger partial charge on any atom is -0.496 e. The molecule has 92 valence electrons. The first-order valence-corrected chi connectivity index (χ1v) is 5.84. The maximum Gasteiger partial charge on any atom is 0.123 e. The Balaban J connectivity index is 1.95. The molecule has 2 rings (SSSR count). The molecule has 0 atom stereocenters. The summed E-state index contributed by atoms with van der Waals surface area (Å²) in [6, 6.07) is 16.4. The summed E-state index contributed by atoms with van der Waals surface area (Å²) in [5, 5.41) is 0. The summed E-state index contributed by atoms with van der Waals surface area (Å²) in [4.78, 5) is 0. The van der Waals surface area contributed by atoms with Crippen LogP contribution in [-0.2, 0) is 11.3 Å². The number of halogens is 1. The highest BCUT2D eigenvalue weighted by molar-refractivity contribution is 5.62. The van der Waals surface area contributed by atoms with Crippen LogP contribution in [-0.4, -0.2) is 0 Å². The van der Waals surface area contributed by atoms with Gasteiger partial charge in [0.1, 0.15) is 12.4 Å². The molecule has 0 spiro atoms. The normalized spacial score (nSPS) is 11.3. The van der Waals surface area contributed by atoms with E-state index in [4.69, 9.17) is 4.74 Å². The van der Waals surface area contributed by atoms with Crippen LogP contribution in [0.1, 0.15) is 18.1 Å². The quantitative estimate of drug-likeness (QED) is 0.722. The third-order valence-electron chi connectivity index (χ3n) is 2.65. The molecule has 0 amide bonds. The molecular formula is C16H15FO. The van der Waals surface area contributed by atoms with Crippen molar-refractivity contribution < 1.29 is 9.13 Å². The smallest absolute Gasteiger partial charge is 0.123 e. The molecule has 0 aliphatic rings. The van der Waals surface area contributed by atoms with Gasteiger partial charge in [0.25, 0.3) is 0 Å². The zero-order valence-corrected chi connectivity index (χ0v) is 10.3. The average molecular weight is 242 g/mol. The Bertz CT molecular complexity index is 515. The lowest BCUT2D eigenvalue weighted by Crippen LogP contribution is -1.87. The van der Waals surface area contributed by atoms with Crippen molar-refractivity contribution in [1.82, 2.24) is 0 Å². The van der Waals surface area contributed by atoms with Crippen LogP contribution < -0.4 is 0 Å².